The Labute approximate surface area is 113 Å². The predicted octanol–water partition coefficient (Wildman–Crippen LogP) is 2.85. The summed E-state index contributed by atoms with van der Waals surface area (Å²) in [6.45, 7) is 0.467. The number of nitrogens with zero attached hydrogens (tertiary/aromatic N) is 1. The number of amides is 1. The monoisotopic (exact) mass is 258 g/mol. The largest absolute Gasteiger partial charge is 0.378 e. The molecule has 1 amide bonds. The Hall–Kier alpha value is -1.86. The lowest BCUT2D eigenvalue weighted by Crippen LogP contribution is -2.17. The normalized spacial score (nSPS) is 15.1. The molecule has 0 aromatic heterocycles. The lowest BCUT2D eigenvalue weighted by Gasteiger charge is -2.11. The number of carbonyl (C=O) groups is 1. The Morgan fingerprint density at radius 1 is 1.42 bits per heavy atom. The fraction of sp³-hybridized carbons (Fsp3) is 0.467. The standard InChI is InChI=1S/C15H18N2O2/c16-11-12-4-3-5-13(10-12)17-15(18)8-9-19-14-6-1-2-7-14/h3-5,10,14H,1-2,6-9H2,(H,17,18). The van der Waals surface area contributed by atoms with Crippen LogP contribution in [0.3, 0.4) is 0 Å². The molecule has 1 N–H and O–H groups in total. The van der Waals surface area contributed by atoms with E-state index in [4.69, 9.17) is 10.00 Å². The molecule has 19 heavy (non-hydrogen) atoms. The van der Waals surface area contributed by atoms with E-state index in [-0.39, 0.29) is 5.91 Å². The molecular formula is C15H18N2O2. The fourth-order valence-corrected chi connectivity index (χ4v) is 2.26. The van der Waals surface area contributed by atoms with Crippen molar-refractivity contribution < 1.29 is 9.53 Å². The van der Waals surface area contributed by atoms with Gasteiger partial charge in [0.2, 0.25) is 5.91 Å². The van der Waals surface area contributed by atoms with Gasteiger partial charge in [-0.05, 0) is 31.0 Å². The molecule has 2 rings (SSSR count). The van der Waals surface area contributed by atoms with Crippen molar-refractivity contribution in [2.24, 2.45) is 0 Å². The zero-order valence-corrected chi connectivity index (χ0v) is 10.9. The summed E-state index contributed by atoms with van der Waals surface area (Å²) in [5, 5.41) is 11.5. The van der Waals surface area contributed by atoms with Crippen molar-refractivity contribution in [3.8, 4) is 6.07 Å². The highest BCUT2D eigenvalue weighted by Gasteiger charge is 2.15. The van der Waals surface area contributed by atoms with Gasteiger partial charge >= 0.3 is 0 Å². The number of hydrogen-bond acceptors (Lipinski definition) is 3. The van der Waals surface area contributed by atoms with Gasteiger partial charge in [0.1, 0.15) is 0 Å². The zero-order valence-electron chi connectivity index (χ0n) is 10.9. The Morgan fingerprint density at radius 2 is 2.21 bits per heavy atom. The molecule has 0 radical (unpaired) electrons. The van der Waals surface area contributed by atoms with Crippen molar-refractivity contribution in [2.45, 2.75) is 38.2 Å². The van der Waals surface area contributed by atoms with Gasteiger partial charge in [0.15, 0.2) is 0 Å². The van der Waals surface area contributed by atoms with Crippen molar-refractivity contribution in [1.29, 1.82) is 5.26 Å². The number of anilines is 1. The van der Waals surface area contributed by atoms with Gasteiger partial charge in [-0.2, -0.15) is 5.26 Å². The average Bonchev–Trinajstić information content (AvgIpc) is 2.92. The van der Waals surface area contributed by atoms with Crippen LogP contribution in [0, 0.1) is 11.3 Å². The third-order valence-corrected chi connectivity index (χ3v) is 3.26. The molecule has 1 aliphatic rings. The first-order chi connectivity index (χ1) is 9.28. The number of ether oxygens (including phenoxy) is 1. The maximum absolute atomic E-state index is 11.7. The van der Waals surface area contributed by atoms with E-state index in [1.165, 1.54) is 12.8 Å². The number of carbonyl (C=O) groups excluding carboxylic acids is 1. The third-order valence-electron chi connectivity index (χ3n) is 3.26. The second-order valence-electron chi connectivity index (χ2n) is 4.77. The topological polar surface area (TPSA) is 62.1 Å². The van der Waals surface area contributed by atoms with Crippen molar-refractivity contribution in [2.75, 3.05) is 11.9 Å². The minimum absolute atomic E-state index is 0.0758. The minimum Gasteiger partial charge on any atom is -0.378 e. The summed E-state index contributed by atoms with van der Waals surface area (Å²) in [5.74, 6) is -0.0758. The molecule has 1 aliphatic carbocycles. The Balaban J connectivity index is 1.72. The van der Waals surface area contributed by atoms with E-state index < -0.39 is 0 Å². The summed E-state index contributed by atoms with van der Waals surface area (Å²) in [5.41, 5.74) is 1.20. The summed E-state index contributed by atoms with van der Waals surface area (Å²) in [7, 11) is 0. The smallest absolute Gasteiger partial charge is 0.226 e. The number of benzene rings is 1. The van der Waals surface area contributed by atoms with Crippen LogP contribution in [0.15, 0.2) is 24.3 Å². The summed E-state index contributed by atoms with van der Waals surface area (Å²) in [4.78, 5) is 11.7. The minimum atomic E-state index is -0.0758. The maximum atomic E-state index is 11.7. The van der Waals surface area contributed by atoms with E-state index >= 15 is 0 Å². The van der Waals surface area contributed by atoms with Crippen LogP contribution < -0.4 is 5.32 Å². The van der Waals surface area contributed by atoms with Crippen LogP contribution >= 0.6 is 0 Å². The van der Waals surface area contributed by atoms with Crippen molar-refractivity contribution in [3.63, 3.8) is 0 Å². The van der Waals surface area contributed by atoms with Crippen molar-refractivity contribution >= 4 is 11.6 Å². The zero-order chi connectivity index (χ0) is 13.5. The van der Waals surface area contributed by atoms with E-state index in [2.05, 4.69) is 5.32 Å². The molecule has 0 bridgehead atoms. The molecular weight excluding hydrogens is 240 g/mol. The van der Waals surface area contributed by atoms with Gasteiger partial charge in [0, 0.05) is 5.69 Å². The molecule has 1 aromatic rings. The lowest BCUT2D eigenvalue weighted by atomic mass is 10.2. The molecule has 0 unspecified atom stereocenters. The van der Waals surface area contributed by atoms with Crippen molar-refractivity contribution in [3.05, 3.63) is 29.8 Å². The molecule has 0 aliphatic heterocycles. The molecule has 0 atom stereocenters. The molecule has 0 heterocycles. The third kappa shape index (κ3) is 4.38. The van der Waals surface area contributed by atoms with Gasteiger partial charge < -0.3 is 10.1 Å². The van der Waals surface area contributed by atoms with Gasteiger partial charge in [-0.3, -0.25) is 4.79 Å². The SMILES string of the molecule is N#Cc1cccc(NC(=O)CCOC2CCCC2)c1. The first kappa shape index (κ1) is 13.6. The second-order valence-corrected chi connectivity index (χ2v) is 4.77. The van der Waals surface area contributed by atoms with E-state index in [1.54, 1.807) is 24.3 Å². The van der Waals surface area contributed by atoms with Crippen LogP contribution in [0.1, 0.15) is 37.7 Å². The Kier molecular flexibility index (Phi) is 4.93. The number of nitriles is 1. The number of nitrogens with one attached hydrogen (secondary N) is 1. The van der Waals surface area contributed by atoms with Gasteiger partial charge in [-0.1, -0.05) is 18.9 Å². The van der Waals surface area contributed by atoms with Gasteiger partial charge in [-0.25, -0.2) is 0 Å². The molecule has 1 saturated carbocycles. The molecule has 1 fully saturated rings. The van der Waals surface area contributed by atoms with E-state index in [9.17, 15) is 4.79 Å². The highest BCUT2D eigenvalue weighted by molar-refractivity contribution is 5.90. The molecule has 100 valence electrons. The van der Waals surface area contributed by atoms with Gasteiger partial charge in [-0.15, -0.1) is 0 Å². The lowest BCUT2D eigenvalue weighted by molar-refractivity contribution is -0.117. The first-order valence-corrected chi connectivity index (χ1v) is 6.69. The maximum Gasteiger partial charge on any atom is 0.226 e. The Morgan fingerprint density at radius 3 is 2.95 bits per heavy atom. The molecule has 4 nitrogen and oxygen atoms in total. The Bertz CT molecular complexity index is 473. The molecule has 0 spiro atoms. The van der Waals surface area contributed by atoms with E-state index in [0.717, 1.165) is 12.8 Å². The molecule has 1 aromatic carbocycles. The molecule has 0 saturated heterocycles. The highest BCUT2D eigenvalue weighted by Crippen LogP contribution is 2.20. The fourth-order valence-electron chi connectivity index (χ4n) is 2.26. The van der Waals surface area contributed by atoms with Crippen LogP contribution in [0.25, 0.3) is 0 Å². The quantitative estimate of drug-likeness (QED) is 0.883. The molecule has 4 heteroatoms. The van der Waals surface area contributed by atoms with Crippen LogP contribution in [-0.2, 0) is 9.53 Å². The summed E-state index contributed by atoms with van der Waals surface area (Å²) in [6.07, 6.45) is 5.40. The van der Waals surface area contributed by atoms with E-state index in [1.807, 2.05) is 6.07 Å². The van der Waals surface area contributed by atoms with Crippen LogP contribution in [0.2, 0.25) is 0 Å². The van der Waals surface area contributed by atoms with Gasteiger partial charge in [0.05, 0.1) is 30.8 Å². The van der Waals surface area contributed by atoms with Crippen LogP contribution in [0.4, 0.5) is 5.69 Å². The van der Waals surface area contributed by atoms with E-state index in [0.29, 0.717) is 30.4 Å². The van der Waals surface area contributed by atoms with Crippen LogP contribution in [-0.4, -0.2) is 18.6 Å². The summed E-state index contributed by atoms with van der Waals surface area (Å²) >= 11 is 0. The van der Waals surface area contributed by atoms with Gasteiger partial charge in [0.25, 0.3) is 0 Å². The number of hydrogen-bond donors (Lipinski definition) is 1. The van der Waals surface area contributed by atoms with Crippen molar-refractivity contribution in [1.82, 2.24) is 0 Å². The predicted molar refractivity (Wildman–Crippen MR) is 72.6 cm³/mol. The van der Waals surface area contributed by atoms with Crippen LogP contribution in [0.5, 0.6) is 0 Å². The second kappa shape index (κ2) is 6.91. The number of rotatable bonds is 5. The summed E-state index contributed by atoms with van der Waals surface area (Å²) < 4.78 is 5.64. The average molecular weight is 258 g/mol. The summed E-state index contributed by atoms with van der Waals surface area (Å²) in [6, 6.07) is 8.94. The highest BCUT2D eigenvalue weighted by atomic mass is 16.5. The first-order valence-electron chi connectivity index (χ1n) is 6.69.